The quantitative estimate of drug-likeness (QED) is 0.880. The summed E-state index contributed by atoms with van der Waals surface area (Å²) in [6.07, 6.45) is 3.63. The van der Waals surface area contributed by atoms with Gasteiger partial charge in [0.05, 0.1) is 10.9 Å². The Labute approximate surface area is 128 Å². The molecular formula is C14H19ClN4S. The summed E-state index contributed by atoms with van der Waals surface area (Å²) in [5, 5.41) is 3.15. The number of aromatic nitrogens is 2. The lowest BCUT2D eigenvalue weighted by molar-refractivity contribution is 0.850. The van der Waals surface area contributed by atoms with Gasteiger partial charge in [0.2, 0.25) is 0 Å². The number of nitrogens with one attached hydrogen (secondary N) is 1. The minimum absolute atomic E-state index is 0.800. The summed E-state index contributed by atoms with van der Waals surface area (Å²) < 4.78 is 0.820. The second kappa shape index (κ2) is 6.90. The van der Waals surface area contributed by atoms with E-state index < -0.39 is 0 Å². The highest BCUT2D eigenvalue weighted by Crippen LogP contribution is 2.27. The summed E-state index contributed by atoms with van der Waals surface area (Å²) in [5.74, 6) is 1.89. The molecule has 0 spiro atoms. The molecule has 4 nitrogen and oxygen atoms in total. The van der Waals surface area contributed by atoms with E-state index in [1.165, 1.54) is 10.4 Å². The molecule has 2 rings (SSSR count). The van der Waals surface area contributed by atoms with Gasteiger partial charge in [0, 0.05) is 24.5 Å². The monoisotopic (exact) mass is 310 g/mol. The first-order valence-electron chi connectivity index (χ1n) is 6.62. The molecule has 0 aliphatic heterocycles. The number of hydrogen-bond acceptors (Lipinski definition) is 5. The second-order valence-electron chi connectivity index (χ2n) is 4.59. The average Bonchev–Trinajstić information content (AvgIpc) is 2.84. The van der Waals surface area contributed by atoms with E-state index in [1.54, 1.807) is 17.7 Å². The molecule has 0 aromatic carbocycles. The molecule has 2 heterocycles. The maximum Gasteiger partial charge on any atom is 0.137 e. The molecule has 0 aliphatic carbocycles. The van der Waals surface area contributed by atoms with Crippen molar-refractivity contribution in [2.45, 2.75) is 26.3 Å². The van der Waals surface area contributed by atoms with Crippen LogP contribution in [0.25, 0.3) is 0 Å². The highest BCUT2D eigenvalue weighted by atomic mass is 35.5. The number of halogens is 1. The lowest BCUT2D eigenvalue weighted by Crippen LogP contribution is -2.20. The first-order chi connectivity index (χ1) is 9.65. The molecule has 6 heteroatoms. The van der Waals surface area contributed by atoms with Crippen LogP contribution in [0.3, 0.4) is 0 Å². The van der Waals surface area contributed by atoms with Crippen molar-refractivity contribution >= 4 is 34.6 Å². The Kier molecular flexibility index (Phi) is 5.20. The molecule has 20 heavy (non-hydrogen) atoms. The zero-order valence-corrected chi connectivity index (χ0v) is 13.6. The number of thiophene rings is 1. The van der Waals surface area contributed by atoms with Crippen LogP contribution in [0.4, 0.5) is 11.6 Å². The maximum atomic E-state index is 5.98. The van der Waals surface area contributed by atoms with E-state index in [0.29, 0.717) is 0 Å². The van der Waals surface area contributed by atoms with Crippen molar-refractivity contribution < 1.29 is 0 Å². The van der Waals surface area contributed by atoms with Gasteiger partial charge < -0.3 is 10.2 Å². The Hall–Kier alpha value is -1.33. The van der Waals surface area contributed by atoms with Crippen molar-refractivity contribution in [3.63, 3.8) is 0 Å². The van der Waals surface area contributed by atoms with Crippen molar-refractivity contribution in [3.8, 4) is 0 Å². The van der Waals surface area contributed by atoms with Crippen LogP contribution < -0.4 is 10.2 Å². The molecule has 2 aromatic heterocycles. The number of rotatable bonds is 6. The first-order valence-corrected chi connectivity index (χ1v) is 7.82. The third kappa shape index (κ3) is 3.41. The van der Waals surface area contributed by atoms with E-state index in [2.05, 4.69) is 40.2 Å². The SMILES string of the molecule is CCCc1c(NC)ncnc1N(C)Cc1ccc(Cl)s1. The third-order valence-electron chi connectivity index (χ3n) is 3.04. The summed E-state index contributed by atoms with van der Waals surface area (Å²) in [5.41, 5.74) is 1.17. The molecule has 0 atom stereocenters. The van der Waals surface area contributed by atoms with Gasteiger partial charge in [0.25, 0.3) is 0 Å². The predicted molar refractivity (Wildman–Crippen MR) is 87.0 cm³/mol. The van der Waals surface area contributed by atoms with Gasteiger partial charge in [-0.05, 0) is 18.6 Å². The van der Waals surface area contributed by atoms with Crippen LogP contribution in [-0.4, -0.2) is 24.1 Å². The van der Waals surface area contributed by atoms with Crippen LogP contribution in [-0.2, 0) is 13.0 Å². The maximum absolute atomic E-state index is 5.98. The predicted octanol–water partition coefficient (Wildman–Crippen LogP) is 3.82. The van der Waals surface area contributed by atoms with Crippen LogP contribution in [0.2, 0.25) is 4.34 Å². The normalized spacial score (nSPS) is 10.6. The highest BCUT2D eigenvalue weighted by Gasteiger charge is 2.14. The van der Waals surface area contributed by atoms with Crippen LogP contribution >= 0.6 is 22.9 Å². The van der Waals surface area contributed by atoms with Crippen molar-refractivity contribution in [3.05, 3.63) is 33.2 Å². The second-order valence-corrected chi connectivity index (χ2v) is 6.39. The smallest absolute Gasteiger partial charge is 0.137 e. The van der Waals surface area contributed by atoms with Crippen molar-refractivity contribution in [1.82, 2.24) is 9.97 Å². The molecule has 0 aliphatic rings. The Balaban J connectivity index is 2.26. The molecule has 0 saturated heterocycles. The molecule has 1 N–H and O–H groups in total. The van der Waals surface area contributed by atoms with E-state index in [9.17, 15) is 0 Å². The van der Waals surface area contributed by atoms with Crippen molar-refractivity contribution in [1.29, 1.82) is 0 Å². The van der Waals surface area contributed by atoms with Gasteiger partial charge in [-0.15, -0.1) is 11.3 Å². The van der Waals surface area contributed by atoms with Crippen LogP contribution in [0.15, 0.2) is 18.5 Å². The molecular weight excluding hydrogens is 292 g/mol. The van der Waals surface area contributed by atoms with E-state index in [0.717, 1.165) is 35.4 Å². The third-order valence-corrected chi connectivity index (χ3v) is 4.26. The van der Waals surface area contributed by atoms with Gasteiger partial charge in [-0.25, -0.2) is 9.97 Å². The molecule has 0 fully saturated rings. The molecule has 0 unspecified atom stereocenters. The first kappa shape index (κ1) is 15.1. The summed E-state index contributed by atoms with van der Waals surface area (Å²) in [7, 11) is 3.94. The fraction of sp³-hybridized carbons (Fsp3) is 0.429. The van der Waals surface area contributed by atoms with Gasteiger partial charge >= 0.3 is 0 Å². The average molecular weight is 311 g/mol. The Morgan fingerprint density at radius 2 is 2.15 bits per heavy atom. The van der Waals surface area contributed by atoms with Crippen LogP contribution in [0.5, 0.6) is 0 Å². The van der Waals surface area contributed by atoms with E-state index in [4.69, 9.17) is 11.6 Å². The van der Waals surface area contributed by atoms with Gasteiger partial charge in [-0.3, -0.25) is 0 Å². The Morgan fingerprint density at radius 1 is 1.35 bits per heavy atom. The lowest BCUT2D eigenvalue weighted by atomic mass is 10.1. The molecule has 0 amide bonds. The fourth-order valence-electron chi connectivity index (χ4n) is 2.17. The van der Waals surface area contributed by atoms with E-state index >= 15 is 0 Å². The van der Waals surface area contributed by atoms with E-state index in [-0.39, 0.29) is 0 Å². The molecule has 108 valence electrons. The summed E-state index contributed by atoms with van der Waals surface area (Å²) in [4.78, 5) is 12.1. The lowest BCUT2D eigenvalue weighted by Gasteiger charge is -2.21. The van der Waals surface area contributed by atoms with Gasteiger partial charge in [0.1, 0.15) is 18.0 Å². The van der Waals surface area contributed by atoms with Crippen LogP contribution in [0.1, 0.15) is 23.8 Å². The highest BCUT2D eigenvalue weighted by molar-refractivity contribution is 7.16. The topological polar surface area (TPSA) is 41.1 Å². The number of nitrogens with zero attached hydrogens (tertiary/aromatic N) is 3. The molecule has 2 aromatic rings. The van der Waals surface area contributed by atoms with Crippen molar-refractivity contribution in [2.24, 2.45) is 0 Å². The summed E-state index contributed by atoms with van der Waals surface area (Å²) in [6, 6.07) is 3.99. The Bertz CT molecular complexity index is 570. The standard InChI is InChI=1S/C14H19ClN4S/c1-4-5-11-13(16-2)17-9-18-14(11)19(3)8-10-6-7-12(15)20-10/h6-7,9H,4-5,8H2,1-3H3,(H,16,17,18). The van der Waals surface area contributed by atoms with Crippen LogP contribution in [0, 0.1) is 0 Å². The number of hydrogen-bond donors (Lipinski definition) is 1. The van der Waals surface area contributed by atoms with Gasteiger partial charge in [0.15, 0.2) is 0 Å². The van der Waals surface area contributed by atoms with E-state index in [1.807, 2.05) is 13.1 Å². The largest absolute Gasteiger partial charge is 0.373 e. The molecule has 0 bridgehead atoms. The zero-order valence-electron chi connectivity index (χ0n) is 12.0. The zero-order chi connectivity index (χ0) is 14.5. The molecule has 0 saturated carbocycles. The summed E-state index contributed by atoms with van der Waals surface area (Å²) in [6.45, 7) is 2.96. The van der Waals surface area contributed by atoms with Gasteiger partial charge in [-0.1, -0.05) is 24.9 Å². The molecule has 0 radical (unpaired) electrons. The van der Waals surface area contributed by atoms with Gasteiger partial charge in [-0.2, -0.15) is 0 Å². The number of anilines is 2. The minimum atomic E-state index is 0.800. The fourth-order valence-corrected chi connectivity index (χ4v) is 3.31. The minimum Gasteiger partial charge on any atom is -0.373 e. The summed E-state index contributed by atoms with van der Waals surface area (Å²) >= 11 is 7.59. The Morgan fingerprint density at radius 3 is 2.75 bits per heavy atom. The van der Waals surface area contributed by atoms with Crippen molar-refractivity contribution in [2.75, 3.05) is 24.3 Å².